The second kappa shape index (κ2) is 10.2. The van der Waals surface area contributed by atoms with Gasteiger partial charge in [0.2, 0.25) is 0 Å². The van der Waals surface area contributed by atoms with Crippen LogP contribution in [0.3, 0.4) is 0 Å². The van der Waals surface area contributed by atoms with Crippen LogP contribution in [0.2, 0.25) is 0 Å². The molecule has 1 aliphatic rings. The molecule has 0 amide bonds. The van der Waals surface area contributed by atoms with Gasteiger partial charge in [-0.1, -0.05) is 56.3 Å². The van der Waals surface area contributed by atoms with Crippen LogP contribution >= 0.6 is 11.3 Å². The number of piperazine rings is 1. The van der Waals surface area contributed by atoms with E-state index in [-0.39, 0.29) is 0 Å². The third kappa shape index (κ3) is 4.87. The first-order valence-electron chi connectivity index (χ1n) is 12.8. The van der Waals surface area contributed by atoms with Gasteiger partial charge < -0.3 is 15.1 Å². The zero-order valence-corrected chi connectivity index (χ0v) is 21.9. The summed E-state index contributed by atoms with van der Waals surface area (Å²) < 4.78 is 0. The number of fused-ring (bicyclic) bond motifs is 1. The van der Waals surface area contributed by atoms with Crippen molar-refractivity contribution in [2.45, 2.75) is 19.8 Å². The Hall–Kier alpha value is -3.97. The Morgan fingerprint density at radius 1 is 0.811 bits per heavy atom. The van der Waals surface area contributed by atoms with Crippen molar-refractivity contribution in [1.29, 1.82) is 0 Å². The van der Waals surface area contributed by atoms with Crippen LogP contribution in [0.25, 0.3) is 21.3 Å². The predicted molar refractivity (Wildman–Crippen MR) is 155 cm³/mol. The zero-order valence-electron chi connectivity index (χ0n) is 21.1. The number of nitrogens with zero attached hydrogens (tertiary/aromatic N) is 5. The topological polar surface area (TPSA) is 57.2 Å². The van der Waals surface area contributed by atoms with E-state index in [1.165, 1.54) is 16.8 Å². The molecule has 1 aliphatic heterocycles. The lowest BCUT2D eigenvalue weighted by molar-refractivity contribution is 0.647. The van der Waals surface area contributed by atoms with Crippen molar-refractivity contribution in [2.75, 3.05) is 41.3 Å². The van der Waals surface area contributed by atoms with Crippen LogP contribution < -0.4 is 15.1 Å². The normalized spacial score (nSPS) is 13.9. The van der Waals surface area contributed by atoms with Gasteiger partial charge in [0, 0.05) is 42.8 Å². The fraction of sp³-hybridized carbons (Fsp3) is 0.233. The molecule has 6 nitrogen and oxygen atoms in total. The lowest BCUT2D eigenvalue weighted by Gasteiger charge is -2.36. The minimum atomic E-state index is 0.511. The average Bonchev–Trinajstić information content (AvgIpc) is 3.39. The van der Waals surface area contributed by atoms with Gasteiger partial charge >= 0.3 is 0 Å². The molecular weight excluding hydrogens is 476 g/mol. The Kier molecular flexibility index (Phi) is 6.45. The molecule has 2 aromatic carbocycles. The minimum Gasteiger partial charge on any atom is -0.368 e. The summed E-state index contributed by atoms with van der Waals surface area (Å²) >= 11 is 1.65. The summed E-state index contributed by atoms with van der Waals surface area (Å²) in [6.45, 7) is 8.32. The van der Waals surface area contributed by atoms with E-state index in [0.717, 1.165) is 59.3 Å². The van der Waals surface area contributed by atoms with Gasteiger partial charge in [0.25, 0.3) is 0 Å². The molecule has 0 unspecified atom stereocenters. The summed E-state index contributed by atoms with van der Waals surface area (Å²) in [7, 11) is 0. The van der Waals surface area contributed by atoms with E-state index in [1.807, 2.05) is 6.20 Å². The molecule has 6 rings (SSSR count). The number of hydrogen-bond donors (Lipinski definition) is 1. The van der Waals surface area contributed by atoms with Gasteiger partial charge in [-0.2, -0.15) is 0 Å². The first kappa shape index (κ1) is 23.4. The number of thiophene rings is 1. The fourth-order valence-electron chi connectivity index (χ4n) is 4.85. The number of para-hydroxylation sites is 1. The van der Waals surface area contributed by atoms with Crippen molar-refractivity contribution in [3.8, 4) is 11.1 Å². The molecule has 7 heteroatoms. The standard InChI is InChI=1S/C30H30N6S/c1-21(2)22-8-10-23(11-9-22)26-19-37-30-28(26)29(32-20-33-30)34-24-12-13-27(31-18-24)36-16-14-35(15-17-36)25-6-4-3-5-7-25/h3-13,18-21H,14-17H2,1-2H3,(H,32,33,34). The molecule has 3 aromatic heterocycles. The third-order valence-corrected chi connectivity index (χ3v) is 7.88. The van der Waals surface area contributed by atoms with Crippen LogP contribution in [0.1, 0.15) is 25.3 Å². The Balaban J connectivity index is 1.18. The Morgan fingerprint density at radius 2 is 1.57 bits per heavy atom. The molecule has 0 atom stereocenters. The van der Waals surface area contributed by atoms with Gasteiger partial charge in [-0.3, -0.25) is 0 Å². The van der Waals surface area contributed by atoms with Crippen LogP contribution in [0.5, 0.6) is 0 Å². The zero-order chi connectivity index (χ0) is 25.2. The maximum Gasteiger partial charge on any atom is 0.143 e. The van der Waals surface area contributed by atoms with E-state index in [0.29, 0.717) is 5.92 Å². The van der Waals surface area contributed by atoms with Gasteiger partial charge in [-0.15, -0.1) is 11.3 Å². The molecule has 0 spiro atoms. The highest BCUT2D eigenvalue weighted by Crippen LogP contribution is 2.38. The highest BCUT2D eigenvalue weighted by atomic mass is 32.1. The lowest BCUT2D eigenvalue weighted by Crippen LogP contribution is -2.46. The number of anilines is 4. The number of hydrogen-bond acceptors (Lipinski definition) is 7. The van der Waals surface area contributed by atoms with Crippen LogP contribution in [0.15, 0.2) is 84.6 Å². The average molecular weight is 507 g/mol. The summed E-state index contributed by atoms with van der Waals surface area (Å²) in [5, 5.41) is 6.72. The number of nitrogens with one attached hydrogen (secondary N) is 1. The van der Waals surface area contributed by atoms with E-state index < -0.39 is 0 Å². The SMILES string of the molecule is CC(C)c1ccc(-c2csc3ncnc(Nc4ccc(N5CCN(c6ccccc6)CC5)nc4)c23)cc1. The number of rotatable bonds is 6. The van der Waals surface area contributed by atoms with Gasteiger partial charge in [0.05, 0.1) is 17.3 Å². The Morgan fingerprint density at radius 3 is 2.27 bits per heavy atom. The van der Waals surface area contributed by atoms with Gasteiger partial charge in [-0.25, -0.2) is 15.0 Å². The largest absolute Gasteiger partial charge is 0.368 e. The number of aromatic nitrogens is 3. The third-order valence-electron chi connectivity index (χ3n) is 6.99. The first-order chi connectivity index (χ1) is 18.2. The summed E-state index contributed by atoms with van der Waals surface area (Å²) in [5.74, 6) is 2.32. The molecule has 0 saturated carbocycles. The maximum atomic E-state index is 4.77. The van der Waals surface area contributed by atoms with Crippen molar-refractivity contribution in [2.24, 2.45) is 0 Å². The summed E-state index contributed by atoms with van der Waals surface area (Å²) in [6, 6.07) is 23.6. The molecule has 0 aliphatic carbocycles. The van der Waals surface area contributed by atoms with Crippen LogP contribution in [-0.4, -0.2) is 41.1 Å². The van der Waals surface area contributed by atoms with Crippen LogP contribution in [-0.2, 0) is 0 Å². The number of pyridine rings is 1. The molecule has 5 aromatic rings. The van der Waals surface area contributed by atoms with E-state index >= 15 is 0 Å². The van der Waals surface area contributed by atoms with E-state index in [2.05, 4.69) is 111 Å². The highest BCUT2D eigenvalue weighted by Gasteiger charge is 2.19. The maximum absolute atomic E-state index is 4.77. The van der Waals surface area contributed by atoms with E-state index in [9.17, 15) is 0 Å². The molecule has 186 valence electrons. The molecule has 1 N–H and O–H groups in total. The lowest BCUT2D eigenvalue weighted by atomic mass is 9.99. The second-order valence-corrected chi connectivity index (χ2v) is 10.5. The quantitative estimate of drug-likeness (QED) is 0.269. The van der Waals surface area contributed by atoms with Crippen molar-refractivity contribution in [1.82, 2.24) is 15.0 Å². The van der Waals surface area contributed by atoms with Crippen LogP contribution in [0.4, 0.5) is 23.0 Å². The summed E-state index contributed by atoms with van der Waals surface area (Å²) in [5.41, 5.74) is 5.87. The predicted octanol–water partition coefficient (Wildman–Crippen LogP) is 6.95. The summed E-state index contributed by atoms with van der Waals surface area (Å²) in [6.07, 6.45) is 3.52. The van der Waals surface area contributed by atoms with Gasteiger partial charge in [-0.05, 0) is 41.3 Å². The van der Waals surface area contributed by atoms with Gasteiger partial charge in [0.1, 0.15) is 22.8 Å². The van der Waals surface area contributed by atoms with Crippen molar-refractivity contribution >= 4 is 44.6 Å². The monoisotopic (exact) mass is 506 g/mol. The smallest absolute Gasteiger partial charge is 0.143 e. The number of benzene rings is 2. The van der Waals surface area contributed by atoms with Crippen molar-refractivity contribution in [3.63, 3.8) is 0 Å². The molecule has 4 heterocycles. The second-order valence-electron chi connectivity index (χ2n) is 9.67. The van der Waals surface area contributed by atoms with Crippen molar-refractivity contribution < 1.29 is 0 Å². The van der Waals surface area contributed by atoms with E-state index in [4.69, 9.17) is 4.98 Å². The minimum absolute atomic E-state index is 0.511. The highest BCUT2D eigenvalue weighted by molar-refractivity contribution is 7.17. The fourth-order valence-corrected chi connectivity index (χ4v) is 5.76. The summed E-state index contributed by atoms with van der Waals surface area (Å²) in [4.78, 5) is 19.6. The Labute approximate surface area is 221 Å². The molecule has 0 bridgehead atoms. The van der Waals surface area contributed by atoms with E-state index in [1.54, 1.807) is 17.7 Å². The first-order valence-corrected chi connectivity index (χ1v) is 13.6. The van der Waals surface area contributed by atoms with Crippen molar-refractivity contribution in [3.05, 3.63) is 90.2 Å². The molecule has 1 saturated heterocycles. The molecular formula is C30H30N6S. The van der Waals surface area contributed by atoms with Crippen LogP contribution in [0, 0.1) is 0 Å². The Bertz CT molecular complexity index is 1470. The van der Waals surface area contributed by atoms with Gasteiger partial charge in [0.15, 0.2) is 0 Å². The molecule has 37 heavy (non-hydrogen) atoms. The molecule has 0 radical (unpaired) electrons. The molecule has 1 fully saturated rings.